The smallest absolute Gasteiger partial charge is 0.311 e. The molecule has 0 atom stereocenters. The largest absolute Gasteiger partial charge is 0.466 e. The highest BCUT2D eigenvalue weighted by Gasteiger charge is 2.12. The predicted molar refractivity (Wildman–Crippen MR) is 86.1 cm³/mol. The van der Waals surface area contributed by atoms with E-state index in [4.69, 9.17) is 21.1 Å². The number of aryl methyl sites for hydroxylation is 1. The number of benzene rings is 1. The summed E-state index contributed by atoms with van der Waals surface area (Å²) in [4.78, 5) is 23.2. The Morgan fingerprint density at radius 1 is 1.18 bits per heavy atom. The zero-order valence-electron chi connectivity index (χ0n) is 13.4. The lowest BCUT2D eigenvalue weighted by Crippen LogP contribution is -2.13. The molecule has 0 spiro atoms. The average Bonchev–Trinajstić information content (AvgIpc) is 2.45. The molecule has 22 heavy (non-hydrogen) atoms. The van der Waals surface area contributed by atoms with E-state index in [1.54, 1.807) is 12.1 Å². The minimum atomic E-state index is -0.494. The van der Waals surface area contributed by atoms with Gasteiger partial charge in [0.2, 0.25) is 0 Å². The number of hydrogen-bond acceptors (Lipinski definition) is 4. The van der Waals surface area contributed by atoms with Crippen molar-refractivity contribution in [3.05, 3.63) is 28.8 Å². The first-order valence-electron chi connectivity index (χ1n) is 7.51. The third-order valence-electron chi connectivity index (χ3n) is 3.03. The van der Waals surface area contributed by atoms with Gasteiger partial charge >= 0.3 is 11.9 Å². The molecule has 0 amide bonds. The molecule has 0 unspecified atom stereocenters. The molecule has 5 heteroatoms. The zero-order valence-corrected chi connectivity index (χ0v) is 14.1. The summed E-state index contributed by atoms with van der Waals surface area (Å²) >= 11 is 5.94. The number of hydrogen-bond donors (Lipinski definition) is 0. The van der Waals surface area contributed by atoms with E-state index in [-0.39, 0.29) is 18.8 Å². The van der Waals surface area contributed by atoms with E-state index in [2.05, 4.69) is 13.8 Å². The van der Waals surface area contributed by atoms with Crippen molar-refractivity contribution < 1.29 is 19.1 Å². The summed E-state index contributed by atoms with van der Waals surface area (Å²) in [6.07, 6.45) is 1.85. The summed E-state index contributed by atoms with van der Waals surface area (Å²) in [7, 11) is 0. The fourth-order valence-electron chi connectivity index (χ4n) is 1.82. The van der Waals surface area contributed by atoms with Crippen LogP contribution >= 0.6 is 11.6 Å². The number of carbonyl (C=O) groups excluding carboxylic acids is 2. The van der Waals surface area contributed by atoms with Crippen LogP contribution in [0.25, 0.3) is 0 Å². The van der Waals surface area contributed by atoms with Gasteiger partial charge in [-0.2, -0.15) is 0 Å². The third-order valence-corrected chi connectivity index (χ3v) is 3.34. The molecule has 1 rings (SSSR count). The summed E-state index contributed by atoms with van der Waals surface area (Å²) in [5.74, 6) is 0.0346. The lowest BCUT2D eigenvalue weighted by atomic mass is 10.1. The molecule has 0 heterocycles. The van der Waals surface area contributed by atoms with E-state index >= 15 is 0 Å². The van der Waals surface area contributed by atoms with Crippen molar-refractivity contribution in [3.63, 3.8) is 0 Å². The Bertz CT molecular complexity index is 511. The zero-order chi connectivity index (χ0) is 16.5. The highest BCUT2D eigenvalue weighted by atomic mass is 35.5. The van der Waals surface area contributed by atoms with Crippen molar-refractivity contribution in [1.29, 1.82) is 0 Å². The van der Waals surface area contributed by atoms with Gasteiger partial charge in [0.15, 0.2) is 0 Å². The molecular weight excluding hydrogens is 304 g/mol. The maximum atomic E-state index is 11.7. The fraction of sp³-hybridized carbons (Fsp3) is 0.529. The number of ether oxygens (including phenoxy) is 2. The summed E-state index contributed by atoms with van der Waals surface area (Å²) in [5, 5.41) is 0.371. The molecule has 0 radical (unpaired) electrons. The van der Waals surface area contributed by atoms with Crippen LogP contribution in [0, 0.1) is 12.8 Å². The molecule has 0 saturated carbocycles. The molecule has 4 nitrogen and oxygen atoms in total. The fourth-order valence-corrected chi connectivity index (χ4v) is 1.97. The van der Waals surface area contributed by atoms with Crippen LogP contribution in [0.5, 0.6) is 5.75 Å². The lowest BCUT2D eigenvalue weighted by Gasteiger charge is -2.08. The predicted octanol–water partition coefficient (Wildman–Crippen LogP) is 4.31. The van der Waals surface area contributed by atoms with Crippen molar-refractivity contribution in [2.45, 2.75) is 46.5 Å². The molecule has 1 aromatic carbocycles. The molecule has 0 aliphatic carbocycles. The summed E-state index contributed by atoms with van der Waals surface area (Å²) < 4.78 is 10.2. The Kier molecular flexibility index (Phi) is 7.96. The van der Waals surface area contributed by atoms with E-state index in [1.165, 1.54) is 0 Å². The maximum Gasteiger partial charge on any atom is 0.311 e. The topological polar surface area (TPSA) is 52.6 Å². The van der Waals surface area contributed by atoms with Crippen LogP contribution in [-0.4, -0.2) is 18.5 Å². The standard InChI is InChI=1S/C17H23ClO4/c1-12(2)5-4-10-21-16(19)8-9-17(20)22-15-11-13(3)6-7-14(15)18/h6-7,11-12H,4-5,8-10H2,1-3H3. The van der Waals surface area contributed by atoms with Crippen molar-refractivity contribution in [2.24, 2.45) is 5.92 Å². The summed E-state index contributed by atoms with van der Waals surface area (Å²) in [6.45, 7) is 6.51. The number of esters is 2. The molecule has 0 aliphatic rings. The van der Waals surface area contributed by atoms with Crippen molar-refractivity contribution in [1.82, 2.24) is 0 Å². The SMILES string of the molecule is Cc1ccc(Cl)c(OC(=O)CCC(=O)OCCCC(C)C)c1. The first-order valence-corrected chi connectivity index (χ1v) is 7.88. The molecule has 0 saturated heterocycles. The minimum Gasteiger partial charge on any atom is -0.466 e. The quantitative estimate of drug-likeness (QED) is 0.406. The van der Waals surface area contributed by atoms with Gasteiger partial charge < -0.3 is 9.47 Å². The maximum absolute atomic E-state index is 11.7. The van der Waals surface area contributed by atoms with Gasteiger partial charge in [-0.15, -0.1) is 0 Å². The third kappa shape index (κ3) is 7.46. The van der Waals surface area contributed by atoms with E-state index in [0.717, 1.165) is 18.4 Å². The first-order chi connectivity index (χ1) is 10.4. The van der Waals surface area contributed by atoms with Crippen LogP contribution in [0.2, 0.25) is 5.02 Å². The van der Waals surface area contributed by atoms with E-state index in [0.29, 0.717) is 23.3 Å². The average molecular weight is 327 g/mol. The van der Waals surface area contributed by atoms with Crippen molar-refractivity contribution in [3.8, 4) is 5.75 Å². The van der Waals surface area contributed by atoms with Gasteiger partial charge in [0.25, 0.3) is 0 Å². The molecule has 0 fully saturated rings. The number of halogens is 1. The second-order valence-corrected chi connectivity index (χ2v) is 6.07. The second kappa shape index (κ2) is 9.46. The lowest BCUT2D eigenvalue weighted by molar-refractivity contribution is -0.147. The normalized spacial score (nSPS) is 10.6. The molecule has 0 aliphatic heterocycles. The summed E-state index contributed by atoms with van der Waals surface area (Å²) in [5.41, 5.74) is 0.941. The van der Waals surface area contributed by atoms with Gasteiger partial charge in [-0.1, -0.05) is 31.5 Å². The van der Waals surface area contributed by atoms with Gasteiger partial charge in [-0.25, -0.2) is 0 Å². The van der Waals surface area contributed by atoms with Gasteiger partial charge in [-0.05, 0) is 43.4 Å². The van der Waals surface area contributed by atoms with E-state index in [9.17, 15) is 9.59 Å². The van der Waals surface area contributed by atoms with Crippen molar-refractivity contribution in [2.75, 3.05) is 6.61 Å². The van der Waals surface area contributed by atoms with Gasteiger partial charge in [0, 0.05) is 0 Å². The van der Waals surface area contributed by atoms with Crippen LogP contribution in [-0.2, 0) is 14.3 Å². The Morgan fingerprint density at radius 3 is 2.55 bits per heavy atom. The number of carbonyl (C=O) groups is 2. The highest BCUT2D eigenvalue weighted by molar-refractivity contribution is 6.32. The minimum absolute atomic E-state index is 0.0178. The molecule has 1 aromatic rings. The Labute approximate surface area is 136 Å². The molecular formula is C17H23ClO4. The Balaban J connectivity index is 2.28. The molecule has 122 valence electrons. The molecule has 0 N–H and O–H groups in total. The van der Waals surface area contributed by atoms with Gasteiger partial charge in [0.05, 0.1) is 24.5 Å². The van der Waals surface area contributed by atoms with Crippen LogP contribution in [0.1, 0.15) is 45.1 Å². The van der Waals surface area contributed by atoms with Crippen LogP contribution < -0.4 is 4.74 Å². The van der Waals surface area contributed by atoms with Gasteiger partial charge in [0.1, 0.15) is 5.75 Å². The highest BCUT2D eigenvalue weighted by Crippen LogP contribution is 2.25. The number of rotatable bonds is 8. The van der Waals surface area contributed by atoms with Gasteiger partial charge in [-0.3, -0.25) is 9.59 Å². The first kappa shape index (κ1) is 18.5. The van der Waals surface area contributed by atoms with E-state index < -0.39 is 5.97 Å². The van der Waals surface area contributed by atoms with E-state index in [1.807, 2.05) is 13.0 Å². The summed E-state index contributed by atoms with van der Waals surface area (Å²) in [6, 6.07) is 5.18. The van der Waals surface area contributed by atoms with Crippen molar-refractivity contribution >= 4 is 23.5 Å². The molecule has 0 aromatic heterocycles. The van der Waals surface area contributed by atoms with Crippen LogP contribution in [0.4, 0.5) is 0 Å². The Morgan fingerprint density at radius 2 is 1.86 bits per heavy atom. The van der Waals surface area contributed by atoms with Crippen LogP contribution in [0.15, 0.2) is 18.2 Å². The molecule has 0 bridgehead atoms. The second-order valence-electron chi connectivity index (χ2n) is 5.66. The Hall–Kier alpha value is -1.55. The van der Waals surface area contributed by atoms with Crippen LogP contribution in [0.3, 0.4) is 0 Å². The monoisotopic (exact) mass is 326 g/mol.